The van der Waals surface area contributed by atoms with Crippen molar-refractivity contribution in [1.82, 2.24) is 5.32 Å². The number of ether oxygens (including phenoxy) is 1. The maximum absolute atomic E-state index is 11.4. The Hall–Kier alpha value is -0.910. The molecule has 0 saturated carbocycles. The molecule has 0 saturated heterocycles. The number of alkyl carbamates (subject to hydrolysis) is 1. The minimum atomic E-state index is -0.905. The highest BCUT2D eigenvalue weighted by Crippen LogP contribution is 2.07. The predicted octanol–water partition coefficient (Wildman–Crippen LogP) is 1.43. The number of halogens is 1. The third kappa shape index (κ3) is 5.85. The lowest BCUT2D eigenvalue weighted by Gasteiger charge is -2.21. The molecule has 0 bridgehead atoms. The number of aldehydes is 1. The van der Waals surface area contributed by atoms with Crippen molar-refractivity contribution < 1.29 is 19.1 Å². The van der Waals surface area contributed by atoms with Crippen LogP contribution in [0.5, 0.6) is 0 Å². The molecule has 1 amide bonds. The number of rotatable bonds is 4. The number of ketones is 1. The van der Waals surface area contributed by atoms with E-state index >= 15 is 0 Å². The minimum absolute atomic E-state index is 0.416. The molecule has 0 heterocycles. The van der Waals surface area contributed by atoms with Crippen LogP contribution < -0.4 is 5.32 Å². The summed E-state index contributed by atoms with van der Waals surface area (Å²) in [6, 6.07) is -0.774. The second-order valence-corrected chi connectivity index (χ2v) is 5.29. The standard InChI is InChI=1S/C10H16BrNO4/c1-6(8(14)7(11)5-13)12-9(15)16-10(2,3)4/h5-7H,1-4H3,(H,12,15). The molecule has 0 aliphatic rings. The highest BCUT2D eigenvalue weighted by Gasteiger charge is 2.24. The Morgan fingerprint density at radius 1 is 1.38 bits per heavy atom. The maximum Gasteiger partial charge on any atom is 0.408 e. The van der Waals surface area contributed by atoms with Crippen molar-refractivity contribution in [2.75, 3.05) is 0 Å². The van der Waals surface area contributed by atoms with Crippen LogP contribution in [0.2, 0.25) is 0 Å². The van der Waals surface area contributed by atoms with E-state index in [0.29, 0.717) is 6.29 Å². The predicted molar refractivity (Wildman–Crippen MR) is 62.6 cm³/mol. The summed E-state index contributed by atoms with van der Waals surface area (Å²) >= 11 is 2.88. The molecule has 16 heavy (non-hydrogen) atoms. The summed E-state index contributed by atoms with van der Waals surface area (Å²) in [4.78, 5) is 32.2. The summed E-state index contributed by atoms with van der Waals surface area (Å²) in [5.74, 6) is -0.416. The zero-order valence-corrected chi connectivity index (χ0v) is 11.3. The van der Waals surface area contributed by atoms with Crippen LogP contribution in [0.4, 0.5) is 4.79 Å². The Kier molecular flexibility index (Phi) is 5.64. The smallest absolute Gasteiger partial charge is 0.408 e. The molecular weight excluding hydrogens is 278 g/mol. The number of nitrogens with one attached hydrogen (secondary N) is 1. The van der Waals surface area contributed by atoms with Gasteiger partial charge in [-0.15, -0.1) is 0 Å². The zero-order valence-electron chi connectivity index (χ0n) is 9.74. The van der Waals surface area contributed by atoms with Crippen molar-refractivity contribution in [3.05, 3.63) is 0 Å². The van der Waals surface area contributed by atoms with Crippen LogP contribution >= 0.6 is 15.9 Å². The van der Waals surface area contributed by atoms with Gasteiger partial charge in [-0.2, -0.15) is 0 Å². The van der Waals surface area contributed by atoms with Gasteiger partial charge in [-0.1, -0.05) is 15.9 Å². The SMILES string of the molecule is CC(NC(=O)OC(C)(C)C)C(=O)C(Br)C=O. The Morgan fingerprint density at radius 3 is 2.25 bits per heavy atom. The van der Waals surface area contributed by atoms with E-state index in [0.717, 1.165) is 0 Å². The van der Waals surface area contributed by atoms with E-state index in [1.807, 2.05) is 0 Å². The molecule has 0 aliphatic heterocycles. The molecule has 0 rings (SSSR count). The fourth-order valence-electron chi connectivity index (χ4n) is 0.861. The van der Waals surface area contributed by atoms with Crippen LogP contribution in [0.1, 0.15) is 27.7 Å². The van der Waals surface area contributed by atoms with Crippen LogP contribution in [-0.2, 0) is 14.3 Å². The van der Waals surface area contributed by atoms with Crippen LogP contribution in [0.15, 0.2) is 0 Å². The second-order valence-electron chi connectivity index (χ2n) is 4.31. The van der Waals surface area contributed by atoms with E-state index in [-0.39, 0.29) is 0 Å². The largest absolute Gasteiger partial charge is 0.444 e. The van der Waals surface area contributed by atoms with Gasteiger partial charge in [-0.05, 0) is 27.7 Å². The van der Waals surface area contributed by atoms with Crippen LogP contribution in [0, 0.1) is 0 Å². The summed E-state index contributed by atoms with van der Waals surface area (Å²) in [6.07, 6.45) is -0.214. The van der Waals surface area contributed by atoms with Gasteiger partial charge in [0.05, 0.1) is 6.04 Å². The molecule has 0 aliphatic carbocycles. The number of amides is 1. The third-order valence-corrected chi connectivity index (χ3v) is 2.22. The van der Waals surface area contributed by atoms with Crippen molar-refractivity contribution in [3.8, 4) is 0 Å². The summed E-state index contributed by atoms with van der Waals surface area (Å²) in [6.45, 7) is 6.65. The highest BCUT2D eigenvalue weighted by molar-refractivity contribution is 9.10. The molecular formula is C10H16BrNO4. The van der Waals surface area contributed by atoms with Gasteiger partial charge in [0.2, 0.25) is 0 Å². The Balaban J connectivity index is 4.25. The average Bonchev–Trinajstić information content (AvgIpc) is 2.12. The summed E-state index contributed by atoms with van der Waals surface area (Å²) < 4.78 is 4.97. The second kappa shape index (κ2) is 5.98. The first-order chi connectivity index (χ1) is 7.17. The van der Waals surface area contributed by atoms with Gasteiger partial charge in [-0.3, -0.25) is 4.79 Å². The van der Waals surface area contributed by atoms with Crippen LogP contribution in [0.25, 0.3) is 0 Å². The van der Waals surface area contributed by atoms with E-state index in [4.69, 9.17) is 4.74 Å². The molecule has 6 heteroatoms. The molecule has 0 aromatic heterocycles. The van der Waals surface area contributed by atoms with Gasteiger partial charge >= 0.3 is 6.09 Å². The van der Waals surface area contributed by atoms with Gasteiger partial charge in [0.1, 0.15) is 16.7 Å². The normalized spacial score (nSPS) is 14.8. The van der Waals surface area contributed by atoms with Crippen molar-refractivity contribution in [2.45, 2.75) is 44.2 Å². The first kappa shape index (κ1) is 15.1. The lowest BCUT2D eigenvalue weighted by Crippen LogP contribution is -2.44. The first-order valence-corrected chi connectivity index (χ1v) is 5.71. The number of alkyl halides is 1. The third-order valence-electron chi connectivity index (χ3n) is 1.55. The first-order valence-electron chi connectivity index (χ1n) is 4.80. The molecule has 0 fully saturated rings. The summed E-state index contributed by atoms with van der Waals surface area (Å²) in [5, 5.41) is 2.35. The lowest BCUT2D eigenvalue weighted by atomic mass is 10.1. The van der Waals surface area contributed by atoms with Crippen molar-refractivity contribution in [1.29, 1.82) is 0 Å². The van der Waals surface area contributed by atoms with Gasteiger partial charge in [0, 0.05) is 0 Å². The number of carbonyl (C=O) groups excluding carboxylic acids is 3. The Morgan fingerprint density at radius 2 is 1.88 bits per heavy atom. The number of hydrogen-bond acceptors (Lipinski definition) is 4. The maximum atomic E-state index is 11.4. The zero-order chi connectivity index (χ0) is 12.9. The van der Waals surface area contributed by atoms with Crippen molar-refractivity contribution in [3.63, 3.8) is 0 Å². The van der Waals surface area contributed by atoms with E-state index < -0.39 is 28.3 Å². The number of carbonyl (C=O) groups is 3. The summed E-state index contributed by atoms with van der Waals surface area (Å²) in [5.41, 5.74) is -0.620. The lowest BCUT2D eigenvalue weighted by molar-refractivity contribution is -0.122. The van der Waals surface area contributed by atoms with Gasteiger partial charge in [0.15, 0.2) is 5.78 Å². The molecule has 92 valence electrons. The van der Waals surface area contributed by atoms with Crippen LogP contribution in [0.3, 0.4) is 0 Å². The Bertz CT molecular complexity index is 285. The summed E-state index contributed by atoms with van der Waals surface area (Å²) in [7, 11) is 0. The molecule has 0 radical (unpaired) electrons. The molecule has 2 unspecified atom stereocenters. The minimum Gasteiger partial charge on any atom is -0.444 e. The highest BCUT2D eigenvalue weighted by atomic mass is 79.9. The fraction of sp³-hybridized carbons (Fsp3) is 0.700. The molecule has 0 aromatic rings. The molecule has 5 nitrogen and oxygen atoms in total. The van der Waals surface area contributed by atoms with Gasteiger partial charge in [0.25, 0.3) is 0 Å². The molecule has 2 atom stereocenters. The van der Waals surface area contributed by atoms with Crippen LogP contribution in [-0.4, -0.2) is 34.6 Å². The fourth-order valence-corrected chi connectivity index (χ4v) is 1.26. The number of hydrogen-bond donors (Lipinski definition) is 1. The van der Waals surface area contributed by atoms with E-state index in [2.05, 4.69) is 21.2 Å². The molecule has 0 aromatic carbocycles. The van der Waals surface area contributed by atoms with E-state index in [1.54, 1.807) is 20.8 Å². The monoisotopic (exact) mass is 293 g/mol. The van der Waals surface area contributed by atoms with Gasteiger partial charge < -0.3 is 14.8 Å². The van der Waals surface area contributed by atoms with Gasteiger partial charge in [-0.25, -0.2) is 4.79 Å². The topological polar surface area (TPSA) is 72.5 Å². The molecule has 1 N–H and O–H groups in total. The quantitative estimate of drug-likeness (QED) is 0.483. The van der Waals surface area contributed by atoms with E-state index in [1.165, 1.54) is 6.92 Å². The molecule has 0 spiro atoms. The average molecular weight is 294 g/mol. The van der Waals surface area contributed by atoms with Crippen molar-refractivity contribution >= 4 is 34.1 Å². The van der Waals surface area contributed by atoms with E-state index in [9.17, 15) is 14.4 Å². The van der Waals surface area contributed by atoms with Crippen molar-refractivity contribution in [2.24, 2.45) is 0 Å². The number of Topliss-reactive ketones (excluding diaryl/α,β-unsaturated/α-hetero) is 1. The Labute approximate surface area is 103 Å².